The predicted molar refractivity (Wildman–Crippen MR) is 63.8 cm³/mol. The van der Waals surface area contributed by atoms with Crippen LogP contribution in [0.15, 0.2) is 12.4 Å². The van der Waals surface area contributed by atoms with E-state index in [0.29, 0.717) is 11.7 Å². The van der Waals surface area contributed by atoms with Gasteiger partial charge < -0.3 is 10.2 Å². The standard InChI is InChI=1S/C12H16N4O/c17-12(16-5-1-2-6-16)10-7-14-11(8-13-10)15-9-3-4-9/h7-9H,1-6H2,(H,14,15). The van der Waals surface area contributed by atoms with Gasteiger partial charge in [0.25, 0.3) is 5.91 Å². The predicted octanol–water partition coefficient (Wildman–Crippen LogP) is 1.29. The summed E-state index contributed by atoms with van der Waals surface area (Å²) in [6, 6.07) is 0.560. The monoisotopic (exact) mass is 232 g/mol. The smallest absolute Gasteiger partial charge is 0.274 e. The van der Waals surface area contributed by atoms with Crippen molar-refractivity contribution in [3.8, 4) is 0 Å². The van der Waals surface area contributed by atoms with Crippen LogP contribution in [0.5, 0.6) is 0 Å². The Morgan fingerprint density at radius 1 is 1.24 bits per heavy atom. The number of rotatable bonds is 3. The summed E-state index contributed by atoms with van der Waals surface area (Å²) in [5.74, 6) is 0.776. The van der Waals surface area contributed by atoms with Crippen molar-refractivity contribution in [2.24, 2.45) is 0 Å². The van der Waals surface area contributed by atoms with Crippen LogP contribution in [0.3, 0.4) is 0 Å². The molecule has 1 aromatic heterocycles. The van der Waals surface area contributed by atoms with E-state index in [1.165, 1.54) is 12.8 Å². The second kappa shape index (κ2) is 4.31. The minimum atomic E-state index is 0.00738. The molecule has 0 spiro atoms. The Bertz CT molecular complexity index is 407. The first-order valence-electron chi connectivity index (χ1n) is 6.21. The van der Waals surface area contributed by atoms with Gasteiger partial charge in [-0.25, -0.2) is 9.97 Å². The minimum absolute atomic E-state index is 0.00738. The molecular formula is C12H16N4O. The number of carbonyl (C=O) groups excluding carboxylic acids is 1. The fourth-order valence-corrected chi connectivity index (χ4v) is 2.03. The fraction of sp³-hybridized carbons (Fsp3) is 0.583. The van der Waals surface area contributed by atoms with Gasteiger partial charge in [0.05, 0.1) is 12.4 Å². The van der Waals surface area contributed by atoms with Gasteiger partial charge in [0.1, 0.15) is 11.5 Å². The van der Waals surface area contributed by atoms with E-state index in [9.17, 15) is 4.79 Å². The maximum absolute atomic E-state index is 12.0. The second-order valence-corrected chi connectivity index (χ2v) is 4.70. The number of aromatic nitrogens is 2. The van der Waals surface area contributed by atoms with Crippen molar-refractivity contribution in [3.05, 3.63) is 18.1 Å². The van der Waals surface area contributed by atoms with Gasteiger partial charge in [-0.2, -0.15) is 0 Å². The molecule has 5 nitrogen and oxygen atoms in total. The maximum Gasteiger partial charge on any atom is 0.274 e. The number of hydrogen-bond donors (Lipinski definition) is 1. The van der Waals surface area contributed by atoms with Crippen molar-refractivity contribution in [3.63, 3.8) is 0 Å². The van der Waals surface area contributed by atoms with Crippen LogP contribution in [0, 0.1) is 0 Å². The van der Waals surface area contributed by atoms with Crippen LogP contribution in [-0.4, -0.2) is 39.9 Å². The van der Waals surface area contributed by atoms with Crippen LogP contribution in [0.2, 0.25) is 0 Å². The first kappa shape index (κ1) is 10.5. The molecule has 5 heteroatoms. The van der Waals surface area contributed by atoms with Crippen molar-refractivity contribution in [1.82, 2.24) is 14.9 Å². The highest BCUT2D eigenvalue weighted by Crippen LogP contribution is 2.23. The molecule has 2 heterocycles. The van der Waals surface area contributed by atoms with Gasteiger partial charge in [-0.15, -0.1) is 0 Å². The van der Waals surface area contributed by atoms with E-state index in [0.717, 1.165) is 31.7 Å². The molecule has 0 unspecified atom stereocenters. The molecule has 1 aliphatic carbocycles. The van der Waals surface area contributed by atoms with Gasteiger partial charge in [0, 0.05) is 19.1 Å². The summed E-state index contributed by atoms with van der Waals surface area (Å²) in [6.45, 7) is 1.70. The van der Waals surface area contributed by atoms with E-state index < -0.39 is 0 Å². The molecule has 1 saturated carbocycles. The summed E-state index contributed by atoms with van der Waals surface area (Å²) < 4.78 is 0. The van der Waals surface area contributed by atoms with Gasteiger partial charge in [0.15, 0.2) is 0 Å². The number of hydrogen-bond acceptors (Lipinski definition) is 4. The van der Waals surface area contributed by atoms with E-state index in [2.05, 4.69) is 15.3 Å². The molecule has 0 radical (unpaired) electrons. The van der Waals surface area contributed by atoms with Crippen LogP contribution >= 0.6 is 0 Å². The van der Waals surface area contributed by atoms with Gasteiger partial charge >= 0.3 is 0 Å². The Balaban J connectivity index is 1.67. The quantitative estimate of drug-likeness (QED) is 0.853. The van der Waals surface area contributed by atoms with Gasteiger partial charge in [-0.05, 0) is 25.7 Å². The molecule has 1 aromatic rings. The SMILES string of the molecule is O=C(c1cnc(NC2CC2)cn1)N1CCCC1. The highest BCUT2D eigenvalue weighted by molar-refractivity contribution is 5.92. The van der Waals surface area contributed by atoms with Crippen molar-refractivity contribution in [1.29, 1.82) is 0 Å². The molecule has 1 aliphatic heterocycles. The number of carbonyl (C=O) groups is 1. The second-order valence-electron chi connectivity index (χ2n) is 4.70. The van der Waals surface area contributed by atoms with Crippen molar-refractivity contribution >= 4 is 11.7 Å². The topological polar surface area (TPSA) is 58.1 Å². The van der Waals surface area contributed by atoms with E-state index >= 15 is 0 Å². The first-order valence-corrected chi connectivity index (χ1v) is 6.21. The Morgan fingerprint density at radius 2 is 2.00 bits per heavy atom. The average Bonchev–Trinajstić information content (AvgIpc) is 3.00. The van der Waals surface area contributed by atoms with Crippen LogP contribution in [0.25, 0.3) is 0 Å². The van der Waals surface area contributed by atoms with Gasteiger partial charge in [-0.1, -0.05) is 0 Å². The molecular weight excluding hydrogens is 216 g/mol. The molecule has 2 aliphatic rings. The molecule has 1 amide bonds. The number of nitrogens with one attached hydrogen (secondary N) is 1. The molecule has 90 valence electrons. The molecule has 0 bridgehead atoms. The first-order chi connectivity index (χ1) is 8.33. The Kier molecular flexibility index (Phi) is 2.66. The summed E-state index contributed by atoms with van der Waals surface area (Å²) in [5.41, 5.74) is 0.452. The summed E-state index contributed by atoms with van der Waals surface area (Å²) >= 11 is 0. The Labute approximate surface area is 100 Å². The summed E-state index contributed by atoms with van der Waals surface area (Å²) in [4.78, 5) is 22.3. The minimum Gasteiger partial charge on any atom is -0.366 e. The third-order valence-electron chi connectivity index (χ3n) is 3.19. The maximum atomic E-state index is 12.0. The highest BCUT2D eigenvalue weighted by Gasteiger charge is 2.23. The highest BCUT2D eigenvalue weighted by atomic mass is 16.2. The summed E-state index contributed by atoms with van der Waals surface area (Å²) in [5, 5.41) is 3.25. The lowest BCUT2D eigenvalue weighted by Crippen LogP contribution is -2.28. The van der Waals surface area contributed by atoms with E-state index in [-0.39, 0.29) is 5.91 Å². The average molecular weight is 232 g/mol. The van der Waals surface area contributed by atoms with Crippen molar-refractivity contribution < 1.29 is 4.79 Å². The summed E-state index contributed by atoms with van der Waals surface area (Å²) in [7, 11) is 0. The molecule has 1 saturated heterocycles. The lowest BCUT2D eigenvalue weighted by molar-refractivity contribution is 0.0786. The van der Waals surface area contributed by atoms with Crippen LogP contribution in [-0.2, 0) is 0 Å². The van der Waals surface area contributed by atoms with Crippen LogP contribution < -0.4 is 5.32 Å². The molecule has 3 rings (SSSR count). The number of anilines is 1. The lowest BCUT2D eigenvalue weighted by atomic mass is 10.4. The zero-order valence-electron chi connectivity index (χ0n) is 9.72. The van der Waals surface area contributed by atoms with Crippen molar-refractivity contribution in [2.75, 3.05) is 18.4 Å². The van der Waals surface area contributed by atoms with E-state index in [1.54, 1.807) is 12.4 Å². The summed E-state index contributed by atoms with van der Waals surface area (Å²) in [6.07, 6.45) is 7.83. The van der Waals surface area contributed by atoms with E-state index in [4.69, 9.17) is 0 Å². The van der Waals surface area contributed by atoms with Gasteiger partial charge in [0.2, 0.25) is 0 Å². The van der Waals surface area contributed by atoms with Crippen LogP contribution in [0.4, 0.5) is 5.82 Å². The van der Waals surface area contributed by atoms with Crippen molar-refractivity contribution in [2.45, 2.75) is 31.7 Å². The molecule has 1 N–H and O–H groups in total. The molecule has 17 heavy (non-hydrogen) atoms. The number of amides is 1. The lowest BCUT2D eigenvalue weighted by Gasteiger charge is -2.14. The third kappa shape index (κ3) is 2.38. The Hall–Kier alpha value is -1.65. The molecule has 0 aromatic carbocycles. The van der Waals surface area contributed by atoms with E-state index in [1.807, 2.05) is 4.90 Å². The Morgan fingerprint density at radius 3 is 2.59 bits per heavy atom. The number of likely N-dealkylation sites (tertiary alicyclic amines) is 1. The molecule has 2 fully saturated rings. The van der Waals surface area contributed by atoms with Crippen LogP contribution in [0.1, 0.15) is 36.2 Å². The van der Waals surface area contributed by atoms with Gasteiger partial charge in [-0.3, -0.25) is 4.79 Å². The normalized spacial score (nSPS) is 19.4. The zero-order chi connectivity index (χ0) is 11.7. The third-order valence-corrected chi connectivity index (χ3v) is 3.19. The zero-order valence-corrected chi connectivity index (χ0v) is 9.72. The molecule has 0 atom stereocenters. The fourth-order valence-electron chi connectivity index (χ4n) is 2.03. The largest absolute Gasteiger partial charge is 0.366 e. The number of nitrogens with zero attached hydrogens (tertiary/aromatic N) is 3.